The molecule has 2 heterocycles. The zero-order valence-electron chi connectivity index (χ0n) is 15.8. The van der Waals surface area contributed by atoms with Gasteiger partial charge in [0.2, 0.25) is 10.0 Å². The molecule has 0 aliphatic carbocycles. The van der Waals surface area contributed by atoms with Crippen molar-refractivity contribution >= 4 is 21.6 Å². The van der Waals surface area contributed by atoms with Crippen molar-refractivity contribution in [3.63, 3.8) is 0 Å². The first-order chi connectivity index (χ1) is 14.5. The zero-order chi connectivity index (χ0) is 22.9. The first kappa shape index (κ1) is 22.3. The number of halogens is 3. The Labute approximate surface area is 174 Å². The minimum absolute atomic E-state index is 0.0735. The highest BCUT2D eigenvalue weighted by Gasteiger charge is 2.36. The monoisotopic (exact) mass is 456 g/mol. The molecule has 3 N–H and O–H groups in total. The van der Waals surface area contributed by atoms with Gasteiger partial charge in [-0.3, -0.25) is 4.79 Å². The Balaban J connectivity index is 1.95. The highest BCUT2D eigenvalue weighted by molar-refractivity contribution is 7.89. The molecule has 0 saturated carbocycles. The molecule has 1 amide bonds. The van der Waals surface area contributed by atoms with E-state index in [4.69, 9.17) is 10.00 Å². The fourth-order valence-electron chi connectivity index (χ4n) is 2.93. The van der Waals surface area contributed by atoms with Crippen LogP contribution in [0, 0.1) is 17.1 Å². The predicted molar refractivity (Wildman–Crippen MR) is 100 cm³/mol. The third-order valence-corrected chi connectivity index (χ3v) is 5.86. The van der Waals surface area contributed by atoms with E-state index in [1.807, 2.05) is 0 Å². The van der Waals surface area contributed by atoms with Crippen molar-refractivity contribution in [2.75, 3.05) is 11.9 Å². The van der Waals surface area contributed by atoms with E-state index in [0.29, 0.717) is 0 Å². The van der Waals surface area contributed by atoms with Crippen LogP contribution in [0.4, 0.5) is 18.9 Å². The SMILES string of the molecule is Cn1cc2c(c1C(=O)Nc1ccc(F)c(C#N)c1)OC[C@@H](C(O)C=C(F)F)NS2(=O)=O. The molecule has 0 bridgehead atoms. The summed E-state index contributed by atoms with van der Waals surface area (Å²) in [7, 11) is -2.96. The second-order valence-electron chi connectivity index (χ2n) is 6.53. The third kappa shape index (κ3) is 4.55. The number of aryl methyl sites for hydroxylation is 1. The van der Waals surface area contributed by atoms with E-state index in [1.54, 1.807) is 6.07 Å². The van der Waals surface area contributed by atoms with E-state index < -0.39 is 51.5 Å². The second-order valence-corrected chi connectivity index (χ2v) is 8.21. The largest absolute Gasteiger partial charge is 0.488 e. The van der Waals surface area contributed by atoms with E-state index in [0.717, 1.165) is 18.3 Å². The molecular formula is C18H15F3N4O5S. The van der Waals surface area contributed by atoms with Gasteiger partial charge in [0.05, 0.1) is 17.7 Å². The smallest absolute Gasteiger partial charge is 0.276 e. The van der Waals surface area contributed by atoms with Crippen LogP contribution in [0.15, 0.2) is 41.4 Å². The number of aliphatic hydroxyl groups is 1. The number of ether oxygens (including phenoxy) is 1. The molecule has 31 heavy (non-hydrogen) atoms. The minimum atomic E-state index is -4.34. The Morgan fingerprint density at radius 2 is 2.19 bits per heavy atom. The van der Waals surface area contributed by atoms with Crippen LogP contribution in [0.2, 0.25) is 0 Å². The molecule has 0 saturated heterocycles. The lowest BCUT2D eigenvalue weighted by Gasteiger charge is -2.18. The Morgan fingerprint density at radius 1 is 1.48 bits per heavy atom. The number of fused-ring (bicyclic) bond motifs is 1. The van der Waals surface area contributed by atoms with Crippen LogP contribution in [0.3, 0.4) is 0 Å². The molecule has 1 aliphatic heterocycles. The molecule has 1 aromatic carbocycles. The molecular weight excluding hydrogens is 441 g/mol. The maximum Gasteiger partial charge on any atom is 0.276 e. The normalized spacial score (nSPS) is 18.0. The van der Waals surface area contributed by atoms with Gasteiger partial charge in [0.25, 0.3) is 12.0 Å². The fraction of sp³-hybridized carbons (Fsp3) is 0.222. The lowest BCUT2D eigenvalue weighted by Crippen LogP contribution is -2.44. The van der Waals surface area contributed by atoms with Gasteiger partial charge >= 0.3 is 0 Å². The average Bonchev–Trinajstić information content (AvgIpc) is 2.96. The molecule has 1 aromatic heterocycles. The highest BCUT2D eigenvalue weighted by Crippen LogP contribution is 2.33. The number of nitriles is 1. The van der Waals surface area contributed by atoms with Gasteiger partial charge in [0.1, 0.15) is 23.4 Å². The van der Waals surface area contributed by atoms with E-state index in [1.165, 1.54) is 17.7 Å². The number of anilines is 1. The lowest BCUT2D eigenvalue weighted by molar-refractivity contribution is 0.101. The van der Waals surface area contributed by atoms with Crippen LogP contribution in [0.1, 0.15) is 16.1 Å². The summed E-state index contributed by atoms with van der Waals surface area (Å²) in [6, 6.07) is 3.48. The van der Waals surface area contributed by atoms with Crippen molar-refractivity contribution in [1.82, 2.24) is 9.29 Å². The topological polar surface area (TPSA) is 133 Å². The zero-order valence-corrected chi connectivity index (χ0v) is 16.6. The highest BCUT2D eigenvalue weighted by atomic mass is 32.2. The maximum absolute atomic E-state index is 13.5. The number of aliphatic hydroxyl groups excluding tert-OH is 1. The summed E-state index contributed by atoms with van der Waals surface area (Å²) in [5, 5.41) is 21.1. The average molecular weight is 456 g/mol. The predicted octanol–water partition coefficient (Wildman–Crippen LogP) is 1.47. The van der Waals surface area contributed by atoms with Crippen LogP contribution >= 0.6 is 0 Å². The van der Waals surface area contributed by atoms with Crippen LogP contribution in [0.5, 0.6) is 5.75 Å². The van der Waals surface area contributed by atoms with Crippen LogP contribution in [0.25, 0.3) is 0 Å². The first-order valence-corrected chi connectivity index (χ1v) is 10.1. The van der Waals surface area contributed by atoms with E-state index in [9.17, 15) is 31.5 Å². The van der Waals surface area contributed by atoms with Crippen molar-refractivity contribution in [3.05, 3.63) is 53.6 Å². The van der Waals surface area contributed by atoms with Gasteiger partial charge in [-0.2, -0.15) is 14.0 Å². The van der Waals surface area contributed by atoms with Gasteiger partial charge in [-0.15, -0.1) is 0 Å². The number of sulfonamides is 1. The molecule has 2 atom stereocenters. The summed E-state index contributed by atoms with van der Waals surface area (Å²) >= 11 is 0. The number of nitrogens with zero attached hydrogens (tertiary/aromatic N) is 2. The summed E-state index contributed by atoms with van der Waals surface area (Å²) < 4.78 is 72.2. The van der Waals surface area contributed by atoms with Crippen molar-refractivity contribution in [2.24, 2.45) is 7.05 Å². The van der Waals surface area contributed by atoms with Crippen molar-refractivity contribution < 1.29 is 36.2 Å². The van der Waals surface area contributed by atoms with Gasteiger partial charge in [-0.05, 0) is 18.2 Å². The van der Waals surface area contributed by atoms with Crippen molar-refractivity contribution in [3.8, 4) is 11.8 Å². The van der Waals surface area contributed by atoms with Crippen molar-refractivity contribution in [1.29, 1.82) is 5.26 Å². The number of hydrogen-bond donors (Lipinski definition) is 3. The minimum Gasteiger partial charge on any atom is -0.488 e. The fourth-order valence-corrected chi connectivity index (χ4v) is 4.36. The molecule has 1 unspecified atom stereocenters. The number of hydrogen-bond acceptors (Lipinski definition) is 6. The second kappa shape index (κ2) is 8.42. The van der Waals surface area contributed by atoms with Gasteiger partial charge in [-0.1, -0.05) is 0 Å². The van der Waals surface area contributed by atoms with Crippen LogP contribution in [-0.2, 0) is 17.1 Å². The Morgan fingerprint density at radius 3 is 2.84 bits per heavy atom. The number of rotatable bonds is 4. The third-order valence-electron chi connectivity index (χ3n) is 4.37. The van der Waals surface area contributed by atoms with Gasteiger partial charge in [0, 0.05) is 25.0 Å². The molecule has 0 radical (unpaired) electrons. The molecule has 13 heteroatoms. The van der Waals surface area contributed by atoms with E-state index in [-0.39, 0.29) is 28.8 Å². The number of benzene rings is 1. The van der Waals surface area contributed by atoms with Crippen molar-refractivity contribution in [2.45, 2.75) is 17.0 Å². The molecule has 3 rings (SSSR count). The van der Waals surface area contributed by atoms with E-state index >= 15 is 0 Å². The Kier molecular flexibility index (Phi) is 6.07. The number of aromatic nitrogens is 1. The number of amides is 1. The summed E-state index contributed by atoms with van der Waals surface area (Å²) in [6.07, 6.45) is -2.83. The van der Waals surface area contributed by atoms with Crippen LogP contribution in [-0.4, -0.2) is 42.8 Å². The molecule has 9 nitrogen and oxygen atoms in total. The molecule has 0 fully saturated rings. The summed E-state index contributed by atoms with van der Waals surface area (Å²) in [5.74, 6) is -1.96. The number of carbonyl (C=O) groups excluding carboxylic acids is 1. The molecule has 1 aliphatic rings. The molecule has 0 spiro atoms. The quantitative estimate of drug-likeness (QED) is 0.638. The van der Waals surface area contributed by atoms with Crippen LogP contribution < -0.4 is 14.8 Å². The first-order valence-electron chi connectivity index (χ1n) is 8.60. The van der Waals surface area contributed by atoms with Gasteiger partial charge < -0.3 is 19.7 Å². The van der Waals surface area contributed by atoms with E-state index in [2.05, 4.69) is 10.0 Å². The molecule has 2 aromatic rings. The number of carbonyl (C=O) groups is 1. The lowest BCUT2D eigenvalue weighted by atomic mass is 10.2. The number of nitrogens with one attached hydrogen (secondary N) is 2. The van der Waals surface area contributed by atoms with Gasteiger partial charge in [0.15, 0.2) is 11.4 Å². The van der Waals surface area contributed by atoms with Gasteiger partial charge in [-0.25, -0.2) is 17.5 Å². The maximum atomic E-state index is 13.5. The summed E-state index contributed by atoms with van der Waals surface area (Å²) in [5.41, 5.74) is -0.466. The molecule has 164 valence electrons. The Hall–Kier alpha value is -3.34. The summed E-state index contributed by atoms with van der Waals surface area (Å²) in [4.78, 5) is 12.3. The standard InChI is InChI=1S/C18H15F3N4O5S/c1-25-7-14-17(30-8-12(24-31(14,28)29)13(26)5-15(20)21)16(25)18(27)23-10-2-3-11(19)9(4-10)6-22/h2-5,7,12-13,24,26H,8H2,1H3,(H,23,27)/t12-,13?/m0/s1. The Bertz CT molecular complexity index is 1220. The summed E-state index contributed by atoms with van der Waals surface area (Å²) in [6.45, 7) is -0.545.